The molecule has 1 fully saturated rings. The number of nitrogens with zero attached hydrogens (tertiary/aromatic N) is 1. The minimum atomic E-state index is -1.70. The predicted octanol–water partition coefficient (Wildman–Crippen LogP) is 3.26. The van der Waals surface area contributed by atoms with E-state index in [1.165, 1.54) is 0 Å². The van der Waals surface area contributed by atoms with Gasteiger partial charge in [-0.1, -0.05) is 13.8 Å². The first-order valence-electron chi connectivity index (χ1n) is 8.54. The first kappa shape index (κ1) is 19.3. The number of amides is 2. The second kappa shape index (κ2) is 8.36. The Morgan fingerprint density at radius 3 is 2.32 bits per heavy atom. The van der Waals surface area contributed by atoms with Gasteiger partial charge in [-0.2, -0.15) is 0 Å². The molecule has 1 saturated heterocycles. The smallest absolute Gasteiger partial charge is 0.255 e. The third kappa shape index (κ3) is 4.74. The molecule has 1 aliphatic rings. The highest BCUT2D eigenvalue weighted by atomic mass is 19.2. The average Bonchev–Trinajstić information content (AvgIpc) is 2.58. The summed E-state index contributed by atoms with van der Waals surface area (Å²) in [7, 11) is 0. The van der Waals surface area contributed by atoms with Crippen molar-refractivity contribution in [3.8, 4) is 0 Å². The van der Waals surface area contributed by atoms with E-state index in [2.05, 4.69) is 5.32 Å². The Kier molecular flexibility index (Phi) is 6.45. The molecule has 0 unspecified atom stereocenters. The predicted molar refractivity (Wildman–Crippen MR) is 87.5 cm³/mol. The van der Waals surface area contributed by atoms with Crippen LogP contribution in [0.4, 0.5) is 13.2 Å². The highest BCUT2D eigenvalue weighted by Gasteiger charge is 2.29. The molecular formula is C18H23F3N2O2. The Morgan fingerprint density at radius 2 is 1.72 bits per heavy atom. The van der Waals surface area contributed by atoms with Crippen molar-refractivity contribution in [3.63, 3.8) is 0 Å². The van der Waals surface area contributed by atoms with E-state index < -0.39 is 35.0 Å². The Morgan fingerprint density at radius 1 is 1.08 bits per heavy atom. The summed E-state index contributed by atoms with van der Waals surface area (Å²) >= 11 is 0. The third-order valence-corrected chi connectivity index (χ3v) is 4.26. The zero-order chi connectivity index (χ0) is 18.6. The maximum atomic E-state index is 13.8. The highest BCUT2D eigenvalue weighted by molar-refractivity contribution is 5.97. The van der Waals surface area contributed by atoms with Gasteiger partial charge in [0.1, 0.15) is 6.04 Å². The molecule has 4 nitrogen and oxygen atoms in total. The van der Waals surface area contributed by atoms with Gasteiger partial charge in [-0.25, -0.2) is 13.2 Å². The van der Waals surface area contributed by atoms with Gasteiger partial charge in [0, 0.05) is 13.1 Å². The molecule has 1 atom stereocenters. The first-order valence-corrected chi connectivity index (χ1v) is 8.54. The van der Waals surface area contributed by atoms with Crippen molar-refractivity contribution in [1.82, 2.24) is 10.2 Å². The van der Waals surface area contributed by atoms with E-state index in [1.54, 1.807) is 4.90 Å². The van der Waals surface area contributed by atoms with Crippen LogP contribution in [0.25, 0.3) is 0 Å². The number of halogens is 3. The number of rotatable bonds is 5. The number of hydrogen-bond donors (Lipinski definition) is 1. The maximum absolute atomic E-state index is 13.8. The van der Waals surface area contributed by atoms with Crippen molar-refractivity contribution in [2.45, 2.75) is 45.6 Å². The average molecular weight is 356 g/mol. The molecule has 0 saturated carbocycles. The van der Waals surface area contributed by atoms with Crippen molar-refractivity contribution in [3.05, 3.63) is 35.1 Å². The normalized spacial score (nSPS) is 16.0. The van der Waals surface area contributed by atoms with E-state index in [9.17, 15) is 22.8 Å². The molecule has 2 amide bonds. The van der Waals surface area contributed by atoms with Crippen molar-refractivity contribution in [2.24, 2.45) is 5.92 Å². The largest absolute Gasteiger partial charge is 0.341 e. The summed E-state index contributed by atoms with van der Waals surface area (Å²) in [5.41, 5.74) is -0.612. The van der Waals surface area contributed by atoms with Crippen molar-refractivity contribution in [1.29, 1.82) is 0 Å². The quantitative estimate of drug-likeness (QED) is 0.824. The minimum absolute atomic E-state index is 0.119. The second-order valence-corrected chi connectivity index (χ2v) is 6.76. The molecule has 0 aromatic heterocycles. The van der Waals surface area contributed by atoms with Crippen LogP contribution in [0.2, 0.25) is 0 Å². The van der Waals surface area contributed by atoms with Crippen LogP contribution in [0, 0.1) is 23.4 Å². The SMILES string of the molecule is CC(C)C[C@@H](NC(=O)c1ccc(F)c(F)c1F)C(=O)N1CCCCC1. The van der Waals surface area contributed by atoms with E-state index in [4.69, 9.17) is 0 Å². The van der Waals surface area contributed by atoms with Crippen molar-refractivity contribution < 1.29 is 22.8 Å². The Balaban J connectivity index is 2.17. The van der Waals surface area contributed by atoms with Crippen molar-refractivity contribution in [2.75, 3.05) is 13.1 Å². The highest BCUT2D eigenvalue weighted by Crippen LogP contribution is 2.17. The molecule has 0 aliphatic carbocycles. The van der Waals surface area contributed by atoms with Gasteiger partial charge in [0.2, 0.25) is 5.91 Å². The van der Waals surface area contributed by atoms with Gasteiger partial charge in [0.15, 0.2) is 17.5 Å². The zero-order valence-electron chi connectivity index (χ0n) is 14.4. The molecule has 0 radical (unpaired) electrons. The fourth-order valence-corrected chi connectivity index (χ4v) is 2.96. The minimum Gasteiger partial charge on any atom is -0.341 e. The van der Waals surface area contributed by atoms with Crippen LogP contribution >= 0.6 is 0 Å². The number of nitrogens with one attached hydrogen (secondary N) is 1. The summed E-state index contributed by atoms with van der Waals surface area (Å²) in [5, 5.41) is 2.49. The number of carbonyl (C=O) groups excluding carboxylic acids is 2. The van der Waals surface area contributed by atoms with Gasteiger partial charge in [0.25, 0.3) is 5.91 Å². The van der Waals surface area contributed by atoms with Crippen molar-refractivity contribution >= 4 is 11.8 Å². The van der Waals surface area contributed by atoms with Crippen LogP contribution in [0.5, 0.6) is 0 Å². The monoisotopic (exact) mass is 356 g/mol. The standard InChI is InChI=1S/C18H23F3N2O2/c1-11(2)10-14(18(25)23-8-4-3-5-9-23)22-17(24)12-6-7-13(19)16(21)15(12)20/h6-7,11,14H,3-5,8-10H2,1-2H3,(H,22,24)/t14-/m1/s1. The van der Waals surface area contributed by atoms with Gasteiger partial charge < -0.3 is 10.2 Å². The Bertz CT molecular complexity index is 643. The summed E-state index contributed by atoms with van der Waals surface area (Å²) in [6.45, 7) is 5.06. The van der Waals surface area contributed by atoms with Crippen LogP contribution < -0.4 is 5.32 Å². The van der Waals surface area contributed by atoms with Gasteiger partial charge in [-0.15, -0.1) is 0 Å². The summed E-state index contributed by atoms with van der Waals surface area (Å²) in [6.07, 6.45) is 3.26. The van der Waals surface area contributed by atoms with E-state index in [-0.39, 0.29) is 11.8 Å². The molecule has 2 rings (SSSR count). The molecular weight excluding hydrogens is 333 g/mol. The summed E-state index contributed by atoms with van der Waals surface area (Å²) in [4.78, 5) is 26.7. The molecule has 1 N–H and O–H groups in total. The lowest BCUT2D eigenvalue weighted by molar-refractivity contribution is -0.134. The number of hydrogen-bond acceptors (Lipinski definition) is 2. The van der Waals surface area contributed by atoms with Crippen LogP contribution in [0.1, 0.15) is 49.9 Å². The van der Waals surface area contributed by atoms with Crippen LogP contribution in [-0.2, 0) is 4.79 Å². The molecule has 0 spiro atoms. The zero-order valence-corrected chi connectivity index (χ0v) is 14.4. The lowest BCUT2D eigenvalue weighted by Gasteiger charge is -2.31. The molecule has 7 heteroatoms. The van der Waals surface area contributed by atoms with Gasteiger partial charge in [0.05, 0.1) is 5.56 Å². The topological polar surface area (TPSA) is 49.4 Å². The number of benzene rings is 1. The molecule has 138 valence electrons. The van der Waals surface area contributed by atoms with E-state index >= 15 is 0 Å². The number of piperidine rings is 1. The van der Waals surface area contributed by atoms with Gasteiger partial charge in [-0.05, 0) is 43.7 Å². The molecule has 25 heavy (non-hydrogen) atoms. The second-order valence-electron chi connectivity index (χ2n) is 6.76. The maximum Gasteiger partial charge on any atom is 0.255 e. The van der Waals surface area contributed by atoms with Crippen LogP contribution in [-0.4, -0.2) is 35.8 Å². The molecule has 1 heterocycles. The van der Waals surface area contributed by atoms with E-state index in [1.807, 2.05) is 13.8 Å². The fraction of sp³-hybridized carbons (Fsp3) is 0.556. The molecule has 1 aromatic rings. The number of likely N-dealkylation sites (tertiary alicyclic amines) is 1. The summed E-state index contributed by atoms with van der Waals surface area (Å²) in [5.74, 6) is -5.63. The lowest BCUT2D eigenvalue weighted by Crippen LogP contribution is -2.50. The number of carbonyl (C=O) groups is 2. The summed E-state index contributed by atoms with van der Waals surface area (Å²) < 4.78 is 40.2. The first-order chi connectivity index (χ1) is 11.8. The van der Waals surface area contributed by atoms with Crippen LogP contribution in [0.3, 0.4) is 0 Å². The Labute approximate surface area is 145 Å². The lowest BCUT2D eigenvalue weighted by atomic mass is 10.0. The molecule has 0 bridgehead atoms. The van der Waals surface area contributed by atoms with Crippen LogP contribution in [0.15, 0.2) is 12.1 Å². The fourth-order valence-electron chi connectivity index (χ4n) is 2.96. The molecule has 1 aromatic carbocycles. The third-order valence-electron chi connectivity index (χ3n) is 4.26. The van der Waals surface area contributed by atoms with E-state index in [0.717, 1.165) is 25.3 Å². The molecule has 1 aliphatic heterocycles. The Hall–Kier alpha value is -2.05. The van der Waals surface area contributed by atoms with E-state index in [0.29, 0.717) is 25.6 Å². The van der Waals surface area contributed by atoms with Gasteiger partial charge in [-0.3, -0.25) is 9.59 Å². The summed E-state index contributed by atoms with van der Waals surface area (Å²) in [6, 6.07) is 0.746. The van der Waals surface area contributed by atoms with Gasteiger partial charge >= 0.3 is 0 Å².